The Bertz CT molecular complexity index is 571. The van der Waals surface area contributed by atoms with Crippen LogP contribution in [0.1, 0.15) is 0 Å². The van der Waals surface area contributed by atoms with Gasteiger partial charge in [-0.2, -0.15) is 16.8 Å². The zero-order valence-corrected chi connectivity index (χ0v) is 18.1. The van der Waals surface area contributed by atoms with Gasteiger partial charge in [-0.15, -0.1) is 19.7 Å². The average Bonchev–Trinajstić information content (AvgIpc) is 2.39. The standard InChI is InChI=1S/3C3H6O4S.Na.H2O/c3*1-2-3-7-8(4,5)6;;/h3*2H,1,3H2,(H,4,5,6);;1H2/q;;;+1;/p-1. The van der Waals surface area contributed by atoms with Crippen molar-refractivity contribution in [1.29, 1.82) is 0 Å². The Morgan fingerprint density at radius 2 is 0.962 bits per heavy atom. The van der Waals surface area contributed by atoms with Crippen LogP contribution >= 0.6 is 0 Å². The third kappa shape index (κ3) is 56.5. The molecule has 0 aromatic heterocycles. The molecule has 17 heteroatoms. The molecule has 0 heterocycles. The van der Waals surface area contributed by atoms with E-state index in [4.69, 9.17) is 9.11 Å². The van der Waals surface area contributed by atoms with Crippen molar-refractivity contribution in [2.24, 2.45) is 0 Å². The molecule has 13 nitrogen and oxygen atoms in total. The molecule has 0 aliphatic heterocycles. The minimum Gasteiger partial charge on any atom is -0.726 e. The van der Waals surface area contributed by atoms with Crippen molar-refractivity contribution in [3.63, 3.8) is 0 Å². The summed E-state index contributed by atoms with van der Waals surface area (Å²) in [7, 11) is -13.0. The topological polar surface area (TPSA) is 225 Å². The minimum atomic E-state index is -4.51. The summed E-state index contributed by atoms with van der Waals surface area (Å²) in [5.41, 5.74) is 0. The van der Waals surface area contributed by atoms with E-state index >= 15 is 0 Å². The first-order chi connectivity index (χ1) is 10.7. The van der Waals surface area contributed by atoms with Crippen LogP contribution < -0.4 is 29.6 Å². The fourth-order valence-corrected chi connectivity index (χ4v) is 1.20. The van der Waals surface area contributed by atoms with Gasteiger partial charge in [-0.25, -0.2) is 16.8 Å². The Hall–Kier alpha value is -0.210. The van der Waals surface area contributed by atoms with Gasteiger partial charge in [0.1, 0.15) is 0 Å². The first-order valence-corrected chi connectivity index (χ1v) is 9.41. The van der Waals surface area contributed by atoms with Crippen LogP contribution in [0.15, 0.2) is 38.0 Å². The summed E-state index contributed by atoms with van der Waals surface area (Å²) in [6, 6.07) is 0. The van der Waals surface area contributed by atoms with E-state index in [1.54, 1.807) is 0 Å². The maximum Gasteiger partial charge on any atom is 1.00 e. The second kappa shape index (κ2) is 19.5. The molecular weight excluding hydrogens is 435 g/mol. The van der Waals surface area contributed by atoms with E-state index in [9.17, 15) is 29.8 Å². The smallest absolute Gasteiger partial charge is 0.726 e. The van der Waals surface area contributed by atoms with Crippen LogP contribution in [-0.4, -0.2) is 64.2 Å². The summed E-state index contributed by atoms with van der Waals surface area (Å²) >= 11 is 0. The predicted molar refractivity (Wildman–Crippen MR) is 84.9 cm³/mol. The number of hydrogen-bond donors (Lipinski definition) is 2. The molecule has 0 atom stereocenters. The van der Waals surface area contributed by atoms with Gasteiger partial charge in [0.2, 0.25) is 10.4 Å². The zero-order valence-electron chi connectivity index (χ0n) is 13.7. The largest absolute Gasteiger partial charge is 1.00 e. The van der Waals surface area contributed by atoms with Crippen molar-refractivity contribution in [3.05, 3.63) is 38.0 Å². The van der Waals surface area contributed by atoms with Crippen LogP contribution in [0.4, 0.5) is 0 Å². The van der Waals surface area contributed by atoms with Gasteiger partial charge in [0.15, 0.2) is 0 Å². The van der Waals surface area contributed by atoms with Gasteiger partial charge >= 0.3 is 50.4 Å². The van der Waals surface area contributed by atoms with E-state index in [0.29, 0.717) is 0 Å². The Morgan fingerprint density at radius 3 is 1.04 bits per heavy atom. The Morgan fingerprint density at radius 1 is 0.731 bits per heavy atom. The van der Waals surface area contributed by atoms with E-state index in [1.807, 2.05) is 0 Å². The molecule has 0 saturated carbocycles. The Kier molecular flexibility index (Phi) is 27.6. The molecule has 0 aliphatic carbocycles. The normalized spacial score (nSPS) is 10.3. The van der Waals surface area contributed by atoms with Gasteiger partial charge in [0.05, 0.1) is 19.8 Å². The van der Waals surface area contributed by atoms with Gasteiger partial charge in [0, 0.05) is 0 Å². The molecule has 0 fully saturated rings. The number of rotatable bonds is 9. The van der Waals surface area contributed by atoms with Crippen LogP contribution in [0, 0.1) is 0 Å². The van der Waals surface area contributed by atoms with Gasteiger partial charge < -0.3 is 10.0 Å². The molecule has 4 N–H and O–H groups in total. The van der Waals surface area contributed by atoms with E-state index in [-0.39, 0.29) is 54.9 Å². The summed E-state index contributed by atoms with van der Waals surface area (Å²) in [6.45, 7) is 8.81. The molecule has 26 heavy (non-hydrogen) atoms. The maximum absolute atomic E-state index is 9.68. The predicted octanol–water partition coefficient (Wildman–Crippen LogP) is -4.19. The number of hydrogen-bond acceptors (Lipinski definition) is 10. The molecule has 0 radical (unpaired) electrons. The van der Waals surface area contributed by atoms with Crippen LogP contribution in [0.25, 0.3) is 0 Å². The summed E-state index contributed by atoms with van der Waals surface area (Å²) in [4.78, 5) is 0. The van der Waals surface area contributed by atoms with Crippen molar-refractivity contribution in [3.8, 4) is 0 Å². The van der Waals surface area contributed by atoms with Gasteiger partial charge in [0.25, 0.3) is 0 Å². The first-order valence-electron chi connectivity index (χ1n) is 5.35. The minimum absolute atomic E-state index is 0. The molecule has 0 bridgehead atoms. The average molecular weight is 454 g/mol. The quantitative estimate of drug-likeness (QED) is 0.146. The van der Waals surface area contributed by atoms with Crippen LogP contribution in [-0.2, 0) is 43.7 Å². The zero-order chi connectivity index (χ0) is 19.9. The Labute approximate surface area is 174 Å². The van der Waals surface area contributed by atoms with E-state index in [1.165, 1.54) is 18.2 Å². The molecule has 0 unspecified atom stereocenters. The Balaban J connectivity index is -0.0000000817. The van der Waals surface area contributed by atoms with Crippen molar-refractivity contribution >= 4 is 31.2 Å². The molecular formula is C9H19NaO13S3. The van der Waals surface area contributed by atoms with Crippen molar-refractivity contribution in [2.45, 2.75) is 0 Å². The van der Waals surface area contributed by atoms with Crippen molar-refractivity contribution in [2.75, 3.05) is 19.8 Å². The second-order valence-corrected chi connectivity index (χ2v) is 6.22. The van der Waals surface area contributed by atoms with E-state index in [2.05, 4.69) is 32.3 Å². The van der Waals surface area contributed by atoms with Crippen molar-refractivity contribution in [1.82, 2.24) is 0 Å². The van der Waals surface area contributed by atoms with Gasteiger partial charge in [-0.3, -0.25) is 13.3 Å². The molecule has 0 saturated heterocycles. The summed E-state index contributed by atoms with van der Waals surface area (Å²) < 4.78 is 94.4. The third-order valence-corrected chi connectivity index (χ3v) is 2.29. The van der Waals surface area contributed by atoms with E-state index in [0.717, 1.165) is 0 Å². The SMILES string of the molecule is C=CCOS(=O)(=O)O.C=CCOS(=O)(=O)O.C=CCOS(=O)(=O)[O-].O.[Na+]. The summed E-state index contributed by atoms with van der Waals surface area (Å²) in [6.07, 6.45) is 3.61. The van der Waals surface area contributed by atoms with Gasteiger partial charge in [-0.1, -0.05) is 18.2 Å². The molecule has 0 aromatic carbocycles. The maximum atomic E-state index is 9.68. The van der Waals surface area contributed by atoms with Crippen LogP contribution in [0.5, 0.6) is 0 Å². The first kappa shape index (κ1) is 36.7. The van der Waals surface area contributed by atoms with E-state index < -0.39 is 31.2 Å². The molecule has 0 aromatic rings. The van der Waals surface area contributed by atoms with Gasteiger partial charge in [-0.05, 0) is 0 Å². The molecule has 0 aliphatic rings. The molecule has 0 spiro atoms. The second-order valence-electron chi connectivity index (χ2n) is 2.98. The molecule has 0 amide bonds. The fourth-order valence-electron chi connectivity index (χ4n) is 0.400. The summed E-state index contributed by atoms with van der Waals surface area (Å²) in [5.74, 6) is 0. The summed E-state index contributed by atoms with van der Waals surface area (Å²) in [5, 5.41) is 0. The molecule has 152 valence electrons. The van der Waals surface area contributed by atoms with Crippen LogP contribution in [0.3, 0.4) is 0 Å². The fraction of sp³-hybridized carbons (Fsp3) is 0.333. The third-order valence-electron chi connectivity index (χ3n) is 1.000. The monoisotopic (exact) mass is 454 g/mol. The van der Waals surface area contributed by atoms with Crippen molar-refractivity contribution < 1.29 is 86.5 Å². The van der Waals surface area contributed by atoms with Crippen LogP contribution in [0.2, 0.25) is 0 Å². The molecule has 0 rings (SSSR count).